The summed E-state index contributed by atoms with van der Waals surface area (Å²) in [5.41, 5.74) is 2.08. The first-order chi connectivity index (χ1) is 13.6. The highest BCUT2D eigenvalue weighted by Gasteiger charge is 2.10. The van der Waals surface area contributed by atoms with Crippen LogP contribution in [0.1, 0.15) is 16.3 Å². The number of hydrogen-bond acceptors (Lipinski definition) is 6. The van der Waals surface area contributed by atoms with Gasteiger partial charge in [-0.25, -0.2) is 9.37 Å². The second-order valence-corrected chi connectivity index (χ2v) is 7.46. The summed E-state index contributed by atoms with van der Waals surface area (Å²) in [6.45, 7) is 2.47. The van der Waals surface area contributed by atoms with Crippen molar-refractivity contribution in [3.05, 3.63) is 74.9 Å². The summed E-state index contributed by atoms with van der Waals surface area (Å²) in [7, 11) is 0. The zero-order chi connectivity index (χ0) is 19.5. The van der Waals surface area contributed by atoms with Gasteiger partial charge in [0.1, 0.15) is 29.7 Å². The minimum absolute atomic E-state index is 0.257. The van der Waals surface area contributed by atoms with Crippen molar-refractivity contribution in [2.75, 3.05) is 0 Å². The van der Waals surface area contributed by atoms with Gasteiger partial charge in [-0.3, -0.25) is 0 Å². The minimum Gasteiger partial charge on any atom is -0.486 e. The Labute approximate surface area is 169 Å². The molecule has 142 valence electrons. The molecule has 4 aromatic rings. The van der Waals surface area contributed by atoms with Gasteiger partial charge < -0.3 is 4.74 Å². The third-order valence-corrected chi connectivity index (χ3v) is 5.07. The van der Waals surface area contributed by atoms with Crippen molar-refractivity contribution in [3.8, 4) is 17.1 Å². The molecule has 0 spiro atoms. The molecular weight excluding hydrogens is 401 g/mol. The van der Waals surface area contributed by atoms with Crippen molar-refractivity contribution in [2.45, 2.75) is 20.1 Å². The molecular formula is C19H15ClFN5OS. The topological polar surface area (TPSA) is 65.7 Å². The Morgan fingerprint density at radius 3 is 2.79 bits per heavy atom. The summed E-state index contributed by atoms with van der Waals surface area (Å²) in [4.78, 5) is 6.00. The maximum Gasteiger partial charge on any atom is 0.204 e. The highest BCUT2D eigenvalue weighted by molar-refractivity contribution is 7.09. The van der Waals surface area contributed by atoms with Gasteiger partial charge in [0.15, 0.2) is 0 Å². The molecule has 0 unspecified atom stereocenters. The fourth-order valence-corrected chi connectivity index (χ4v) is 3.34. The summed E-state index contributed by atoms with van der Waals surface area (Å²) in [5.74, 6) is 0.926. The smallest absolute Gasteiger partial charge is 0.204 e. The molecule has 28 heavy (non-hydrogen) atoms. The van der Waals surface area contributed by atoms with Crippen molar-refractivity contribution >= 4 is 22.9 Å². The van der Waals surface area contributed by atoms with Gasteiger partial charge in [0.25, 0.3) is 0 Å². The second-order valence-electron chi connectivity index (χ2n) is 6.08. The van der Waals surface area contributed by atoms with Crippen LogP contribution in [0.15, 0.2) is 47.8 Å². The number of aryl methyl sites for hydroxylation is 1. The molecule has 0 radical (unpaired) electrons. The maximum absolute atomic E-state index is 13.4. The Kier molecular flexibility index (Phi) is 5.31. The number of thiazole rings is 1. The van der Waals surface area contributed by atoms with Crippen molar-refractivity contribution < 1.29 is 9.13 Å². The third-order valence-electron chi connectivity index (χ3n) is 3.95. The van der Waals surface area contributed by atoms with Crippen molar-refractivity contribution in [1.82, 2.24) is 25.2 Å². The van der Waals surface area contributed by atoms with Gasteiger partial charge in [-0.2, -0.15) is 4.80 Å². The Morgan fingerprint density at radius 2 is 2.00 bits per heavy atom. The highest BCUT2D eigenvalue weighted by atomic mass is 35.5. The van der Waals surface area contributed by atoms with Crippen LogP contribution in [0.5, 0.6) is 5.75 Å². The molecule has 6 nitrogen and oxygen atoms in total. The molecule has 2 aromatic carbocycles. The van der Waals surface area contributed by atoms with E-state index in [4.69, 9.17) is 16.3 Å². The molecule has 2 heterocycles. The van der Waals surface area contributed by atoms with Crippen LogP contribution in [0.4, 0.5) is 4.39 Å². The monoisotopic (exact) mass is 415 g/mol. The zero-order valence-electron chi connectivity index (χ0n) is 14.8. The fraction of sp³-hybridized carbons (Fsp3) is 0.158. The fourth-order valence-electron chi connectivity index (χ4n) is 2.52. The number of aromatic nitrogens is 5. The van der Waals surface area contributed by atoms with E-state index in [1.165, 1.54) is 22.2 Å². The van der Waals surface area contributed by atoms with Crippen molar-refractivity contribution in [2.24, 2.45) is 0 Å². The predicted molar refractivity (Wildman–Crippen MR) is 105 cm³/mol. The van der Waals surface area contributed by atoms with Crippen LogP contribution in [0.25, 0.3) is 11.4 Å². The first kappa shape index (κ1) is 18.5. The molecule has 4 rings (SSSR count). The number of tetrazole rings is 1. The van der Waals surface area contributed by atoms with Crippen LogP contribution >= 0.6 is 22.9 Å². The van der Waals surface area contributed by atoms with Gasteiger partial charge in [0.2, 0.25) is 5.82 Å². The molecule has 0 fully saturated rings. The SMILES string of the molecule is Cc1cc(-c2nnn(Cc3csc(COc4ccc(Cl)cc4)n3)n2)ccc1F. The van der Waals surface area contributed by atoms with Gasteiger partial charge in [-0.05, 0) is 60.2 Å². The van der Waals surface area contributed by atoms with E-state index in [9.17, 15) is 4.39 Å². The van der Waals surface area contributed by atoms with E-state index >= 15 is 0 Å². The average Bonchev–Trinajstić information content (AvgIpc) is 3.33. The molecule has 0 saturated carbocycles. The largest absolute Gasteiger partial charge is 0.486 e. The Morgan fingerprint density at radius 1 is 1.18 bits per heavy atom. The van der Waals surface area contributed by atoms with E-state index in [1.807, 2.05) is 17.5 Å². The van der Waals surface area contributed by atoms with E-state index < -0.39 is 0 Å². The standard InChI is InChI=1S/C19H15ClFN5OS/c1-12-8-13(2-7-17(12)21)19-23-25-26(24-19)9-15-11-28-18(22-15)10-27-16-5-3-14(20)4-6-16/h2-8,11H,9-10H2,1H3. The summed E-state index contributed by atoms with van der Waals surface area (Å²) in [6, 6.07) is 11.9. The lowest BCUT2D eigenvalue weighted by Gasteiger charge is -2.03. The van der Waals surface area contributed by atoms with E-state index in [-0.39, 0.29) is 5.82 Å². The quantitative estimate of drug-likeness (QED) is 0.463. The number of benzene rings is 2. The van der Waals surface area contributed by atoms with Crippen molar-refractivity contribution in [1.29, 1.82) is 0 Å². The molecule has 0 N–H and O–H groups in total. The Bertz CT molecular complexity index is 1100. The van der Waals surface area contributed by atoms with Gasteiger partial charge >= 0.3 is 0 Å². The molecule has 0 atom stereocenters. The van der Waals surface area contributed by atoms with E-state index in [0.29, 0.717) is 29.6 Å². The van der Waals surface area contributed by atoms with Crippen LogP contribution in [0, 0.1) is 12.7 Å². The van der Waals surface area contributed by atoms with Gasteiger partial charge in [0.05, 0.1) is 5.69 Å². The number of ether oxygens (including phenoxy) is 1. The second kappa shape index (κ2) is 8.04. The summed E-state index contributed by atoms with van der Waals surface area (Å²) in [6.07, 6.45) is 0. The van der Waals surface area contributed by atoms with E-state index in [2.05, 4.69) is 20.4 Å². The highest BCUT2D eigenvalue weighted by Crippen LogP contribution is 2.19. The molecule has 0 aliphatic heterocycles. The molecule has 0 amide bonds. The summed E-state index contributed by atoms with van der Waals surface area (Å²) < 4.78 is 19.1. The van der Waals surface area contributed by atoms with Crippen molar-refractivity contribution in [3.63, 3.8) is 0 Å². The lowest BCUT2D eigenvalue weighted by Crippen LogP contribution is -2.05. The molecule has 0 bridgehead atoms. The first-order valence-electron chi connectivity index (χ1n) is 8.43. The van der Waals surface area contributed by atoms with Crippen LogP contribution in [0.3, 0.4) is 0 Å². The molecule has 9 heteroatoms. The molecule has 0 aliphatic rings. The van der Waals surface area contributed by atoms with Crippen LogP contribution < -0.4 is 4.74 Å². The van der Waals surface area contributed by atoms with Crippen LogP contribution in [-0.2, 0) is 13.2 Å². The predicted octanol–water partition coefficient (Wildman–Crippen LogP) is 4.52. The molecule has 0 saturated heterocycles. The summed E-state index contributed by atoms with van der Waals surface area (Å²) in [5, 5.41) is 15.9. The van der Waals surface area contributed by atoms with Gasteiger partial charge in [-0.1, -0.05) is 11.6 Å². The normalized spacial score (nSPS) is 11.0. The number of nitrogens with zero attached hydrogens (tertiary/aromatic N) is 5. The number of rotatable bonds is 6. The lowest BCUT2D eigenvalue weighted by molar-refractivity contribution is 0.305. The lowest BCUT2D eigenvalue weighted by atomic mass is 10.1. The average molecular weight is 416 g/mol. The maximum atomic E-state index is 13.4. The summed E-state index contributed by atoms with van der Waals surface area (Å²) >= 11 is 7.37. The van der Waals surface area contributed by atoms with Gasteiger partial charge in [0, 0.05) is 16.0 Å². The molecule has 2 aromatic heterocycles. The Balaban J connectivity index is 1.39. The zero-order valence-corrected chi connectivity index (χ0v) is 16.4. The first-order valence-corrected chi connectivity index (χ1v) is 9.68. The molecule has 0 aliphatic carbocycles. The van der Waals surface area contributed by atoms with Crippen LogP contribution in [0.2, 0.25) is 5.02 Å². The number of halogens is 2. The minimum atomic E-state index is -0.257. The van der Waals surface area contributed by atoms with Crippen LogP contribution in [-0.4, -0.2) is 25.2 Å². The number of hydrogen-bond donors (Lipinski definition) is 0. The van der Waals surface area contributed by atoms with E-state index in [1.54, 1.807) is 31.2 Å². The van der Waals surface area contributed by atoms with Gasteiger partial charge in [-0.15, -0.1) is 21.5 Å². The van der Waals surface area contributed by atoms with E-state index in [0.717, 1.165) is 22.0 Å². The Hall–Kier alpha value is -2.84. The third kappa shape index (κ3) is 4.35.